The second kappa shape index (κ2) is 10.9. The van der Waals surface area contributed by atoms with Crippen LogP contribution in [-0.4, -0.2) is 67.0 Å². The third-order valence-corrected chi connectivity index (χ3v) is 1.50. The zero-order valence-corrected chi connectivity index (χ0v) is 15.1. The van der Waals surface area contributed by atoms with Gasteiger partial charge in [-0.05, 0) is 0 Å². The maximum Gasteiger partial charge on any atom is 1.00 e. The van der Waals surface area contributed by atoms with Crippen LogP contribution in [0.4, 0.5) is 0 Å². The van der Waals surface area contributed by atoms with Gasteiger partial charge in [0.15, 0.2) is 12.2 Å². The van der Waals surface area contributed by atoms with Gasteiger partial charge in [-0.1, -0.05) is 0 Å². The molecular formula is C6H12K2O8. The van der Waals surface area contributed by atoms with Crippen molar-refractivity contribution in [1.29, 1.82) is 0 Å². The predicted molar refractivity (Wildman–Crippen MR) is 41.5 cm³/mol. The molecule has 0 heterocycles. The van der Waals surface area contributed by atoms with Crippen LogP contribution < -0.4 is 103 Å². The van der Waals surface area contributed by atoms with Gasteiger partial charge in [0.1, 0.15) is 12.2 Å². The van der Waals surface area contributed by atoms with Crippen LogP contribution in [0.15, 0.2) is 0 Å². The Morgan fingerprint density at radius 3 is 1.06 bits per heavy atom. The van der Waals surface area contributed by atoms with Crippen LogP contribution in [0.1, 0.15) is 2.85 Å². The molecule has 0 saturated carbocycles. The quantitative estimate of drug-likeness (QED) is 0.273. The molecule has 0 aliphatic rings. The van der Waals surface area contributed by atoms with Gasteiger partial charge in [0.05, 0.1) is 0 Å². The van der Waals surface area contributed by atoms with E-state index in [-0.39, 0.29) is 106 Å². The smallest absolute Gasteiger partial charge is 1.00 e. The average Bonchev–Trinajstić information content (AvgIpc) is 2.12. The fraction of sp³-hybridized carbons (Fsp3) is 0.667. The van der Waals surface area contributed by atoms with Crippen LogP contribution in [0.2, 0.25) is 0 Å². The summed E-state index contributed by atoms with van der Waals surface area (Å²) in [5.41, 5.74) is 0. The molecule has 86 valence electrons. The summed E-state index contributed by atoms with van der Waals surface area (Å²) < 4.78 is 0. The molecule has 0 unspecified atom stereocenters. The first-order chi connectivity index (χ1) is 6.29. The van der Waals surface area contributed by atoms with Gasteiger partial charge in [0, 0.05) is 0 Å². The Bertz CT molecular complexity index is 220. The van der Waals surface area contributed by atoms with Crippen molar-refractivity contribution in [1.82, 2.24) is 0 Å². The second-order valence-electron chi connectivity index (χ2n) is 2.55. The molecule has 0 amide bonds. The van der Waals surface area contributed by atoms with E-state index in [1.54, 1.807) is 0 Å². The van der Waals surface area contributed by atoms with Crippen LogP contribution >= 0.6 is 0 Å². The third-order valence-electron chi connectivity index (χ3n) is 1.50. The fourth-order valence-electron chi connectivity index (χ4n) is 0.666. The van der Waals surface area contributed by atoms with E-state index in [0.29, 0.717) is 0 Å². The van der Waals surface area contributed by atoms with Crippen molar-refractivity contribution < 1.29 is 146 Å². The molecule has 4 atom stereocenters. The van der Waals surface area contributed by atoms with Gasteiger partial charge < -0.3 is 33.5 Å². The Balaban J connectivity index is -0.000000141. The molecule has 0 bridgehead atoms. The van der Waals surface area contributed by atoms with E-state index in [1.807, 2.05) is 0 Å². The molecule has 8 nitrogen and oxygen atoms in total. The largest absolute Gasteiger partial charge is 1.00 e. The van der Waals surface area contributed by atoms with Gasteiger partial charge >= 0.3 is 115 Å². The SMILES string of the molecule is O=C(O)[C@@H](O)[C@@H](O)[C@H](O)[C@@H](O)C(=O)O.[H-].[H-].[K+].[K+]. The van der Waals surface area contributed by atoms with E-state index in [4.69, 9.17) is 30.6 Å². The fourth-order valence-corrected chi connectivity index (χ4v) is 0.666. The molecular weight excluding hydrogens is 278 g/mol. The summed E-state index contributed by atoms with van der Waals surface area (Å²) in [6.45, 7) is 0. The first-order valence-electron chi connectivity index (χ1n) is 3.47. The van der Waals surface area contributed by atoms with E-state index < -0.39 is 36.4 Å². The maximum atomic E-state index is 10.1. The third kappa shape index (κ3) is 7.48. The van der Waals surface area contributed by atoms with Crippen molar-refractivity contribution in [3.8, 4) is 0 Å². The Labute approximate surface area is 178 Å². The summed E-state index contributed by atoms with van der Waals surface area (Å²) in [4.78, 5) is 20.2. The Hall–Kier alpha value is 2.05. The molecule has 0 radical (unpaired) electrons. The average molecular weight is 290 g/mol. The molecule has 10 heteroatoms. The van der Waals surface area contributed by atoms with Crippen molar-refractivity contribution in [3.05, 3.63) is 0 Å². The predicted octanol–water partition coefficient (Wildman–Crippen LogP) is -9.17. The molecule has 0 aliphatic carbocycles. The number of carbonyl (C=O) groups is 2. The Morgan fingerprint density at radius 1 is 0.750 bits per heavy atom. The number of hydrogen-bond donors (Lipinski definition) is 6. The number of aliphatic hydroxyl groups excluding tert-OH is 4. The van der Waals surface area contributed by atoms with Crippen LogP contribution in [0.3, 0.4) is 0 Å². The van der Waals surface area contributed by atoms with E-state index in [1.165, 1.54) is 0 Å². The zero-order chi connectivity index (χ0) is 11.5. The van der Waals surface area contributed by atoms with Crippen LogP contribution in [-0.2, 0) is 9.59 Å². The van der Waals surface area contributed by atoms with Crippen molar-refractivity contribution in [2.45, 2.75) is 24.4 Å². The monoisotopic (exact) mass is 290 g/mol. The molecule has 6 N–H and O–H groups in total. The number of hydrogen-bond acceptors (Lipinski definition) is 6. The Morgan fingerprint density at radius 2 is 0.938 bits per heavy atom. The number of carboxylic acids is 2. The number of carboxylic acid groups (broad SMARTS) is 2. The van der Waals surface area contributed by atoms with Gasteiger partial charge in [-0.15, -0.1) is 0 Å². The van der Waals surface area contributed by atoms with Crippen LogP contribution in [0.25, 0.3) is 0 Å². The van der Waals surface area contributed by atoms with E-state index in [0.717, 1.165) is 0 Å². The molecule has 0 spiro atoms. The number of aliphatic hydroxyl groups is 4. The molecule has 0 aromatic carbocycles. The van der Waals surface area contributed by atoms with Crippen molar-refractivity contribution in [2.24, 2.45) is 0 Å². The van der Waals surface area contributed by atoms with Gasteiger partial charge in [-0.3, -0.25) is 0 Å². The van der Waals surface area contributed by atoms with E-state index in [9.17, 15) is 9.59 Å². The second-order valence-corrected chi connectivity index (χ2v) is 2.55. The first-order valence-corrected chi connectivity index (χ1v) is 3.47. The summed E-state index contributed by atoms with van der Waals surface area (Å²) >= 11 is 0. The Kier molecular flexibility index (Phi) is 15.8. The summed E-state index contributed by atoms with van der Waals surface area (Å²) in [5.74, 6) is -3.68. The normalized spacial score (nSPS) is 17.0. The topological polar surface area (TPSA) is 156 Å². The zero-order valence-electron chi connectivity index (χ0n) is 10.8. The first kappa shape index (κ1) is 23.2. The standard InChI is InChI=1S/C6H10O8.2K.2H/c7-1(3(9)5(11)12)2(8)4(10)6(13)14;;;;/h1-4,7-10H,(H,11,12)(H,13,14);;;;/q;2*+1;2*-1/t1-,2-,3-,4+;;;;/m0..../s1. The van der Waals surface area contributed by atoms with Crippen molar-refractivity contribution in [2.75, 3.05) is 0 Å². The van der Waals surface area contributed by atoms with Crippen LogP contribution in [0, 0.1) is 0 Å². The molecule has 16 heavy (non-hydrogen) atoms. The van der Waals surface area contributed by atoms with Gasteiger partial charge in [-0.25, -0.2) is 9.59 Å². The van der Waals surface area contributed by atoms with E-state index >= 15 is 0 Å². The number of aliphatic carboxylic acids is 2. The van der Waals surface area contributed by atoms with E-state index in [2.05, 4.69) is 0 Å². The number of rotatable bonds is 5. The van der Waals surface area contributed by atoms with Gasteiger partial charge in [0.25, 0.3) is 0 Å². The minimum atomic E-state index is -2.36. The molecule has 0 fully saturated rings. The molecule has 0 aromatic heterocycles. The molecule has 0 aliphatic heterocycles. The molecule has 0 rings (SSSR count). The molecule has 0 aromatic rings. The maximum absolute atomic E-state index is 10.1. The minimum absolute atomic E-state index is 0. The van der Waals surface area contributed by atoms with Gasteiger partial charge in [0.2, 0.25) is 0 Å². The summed E-state index contributed by atoms with van der Waals surface area (Å²) in [6.07, 6.45) is -9.28. The summed E-state index contributed by atoms with van der Waals surface area (Å²) in [7, 11) is 0. The summed E-state index contributed by atoms with van der Waals surface area (Å²) in [6, 6.07) is 0. The van der Waals surface area contributed by atoms with Crippen LogP contribution in [0.5, 0.6) is 0 Å². The minimum Gasteiger partial charge on any atom is -1.00 e. The molecule has 0 saturated heterocycles. The van der Waals surface area contributed by atoms with Gasteiger partial charge in [-0.2, -0.15) is 0 Å². The summed E-state index contributed by atoms with van der Waals surface area (Å²) in [5, 5.41) is 51.5. The van der Waals surface area contributed by atoms with Crippen molar-refractivity contribution in [3.63, 3.8) is 0 Å². The van der Waals surface area contributed by atoms with Crippen molar-refractivity contribution >= 4 is 11.9 Å².